The van der Waals surface area contributed by atoms with Gasteiger partial charge >= 0.3 is 5.97 Å². The average Bonchev–Trinajstić information content (AvgIpc) is 2.65. The summed E-state index contributed by atoms with van der Waals surface area (Å²) in [6, 6.07) is 10.4. The molecule has 1 heterocycles. The molecule has 3 rings (SSSR count). The maximum absolute atomic E-state index is 12.4. The summed E-state index contributed by atoms with van der Waals surface area (Å²) in [5, 5.41) is 3.44. The predicted octanol–water partition coefficient (Wildman–Crippen LogP) is 2.85. The first-order valence-electron chi connectivity index (χ1n) is 8.51. The molecule has 0 unspecified atom stereocenters. The van der Waals surface area contributed by atoms with Crippen LogP contribution in [0.5, 0.6) is 0 Å². The molecule has 1 N–H and O–H groups in total. The monoisotopic (exact) mass is 399 g/mol. The Morgan fingerprint density at radius 2 is 1.96 bits per heavy atom. The summed E-state index contributed by atoms with van der Waals surface area (Å²) in [7, 11) is 0. The second-order valence-electron chi connectivity index (χ2n) is 6.34. The number of hydrogen-bond acceptors (Lipinski definition) is 5. The molecule has 0 atom stereocenters. The number of anilines is 1. The number of rotatable bonds is 5. The van der Waals surface area contributed by atoms with Crippen molar-refractivity contribution >= 4 is 40.1 Å². The van der Waals surface area contributed by atoms with E-state index >= 15 is 0 Å². The second-order valence-corrected chi connectivity index (χ2v) is 6.75. The van der Waals surface area contributed by atoms with Crippen LogP contribution in [-0.4, -0.2) is 28.0 Å². The molecule has 0 radical (unpaired) electrons. The van der Waals surface area contributed by atoms with Gasteiger partial charge in [0, 0.05) is 0 Å². The molecular formula is C20H18ClN3O4. The lowest BCUT2D eigenvalue weighted by Crippen LogP contribution is -2.28. The van der Waals surface area contributed by atoms with Crippen molar-refractivity contribution in [2.75, 3.05) is 11.9 Å². The van der Waals surface area contributed by atoms with E-state index in [1.807, 2.05) is 19.9 Å². The first kappa shape index (κ1) is 19.6. The summed E-state index contributed by atoms with van der Waals surface area (Å²) in [5.41, 5.74) is 2.44. The summed E-state index contributed by atoms with van der Waals surface area (Å²) in [6.07, 6.45) is 1.28. The van der Waals surface area contributed by atoms with Crippen LogP contribution in [0.3, 0.4) is 0 Å². The third-order valence-electron chi connectivity index (χ3n) is 4.09. The minimum atomic E-state index is -0.721. The van der Waals surface area contributed by atoms with E-state index in [0.717, 1.165) is 15.7 Å². The molecule has 2 aromatic carbocycles. The second kappa shape index (κ2) is 8.22. The lowest BCUT2D eigenvalue weighted by Gasteiger charge is -2.12. The van der Waals surface area contributed by atoms with Crippen molar-refractivity contribution in [1.29, 1.82) is 0 Å². The minimum Gasteiger partial charge on any atom is -0.454 e. The number of ether oxygens (including phenoxy) is 1. The van der Waals surface area contributed by atoms with E-state index in [9.17, 15) is 14.4 Å². The van der Waals surface area contributed by atoms with Crippen molar-refractivity contribution in [2.24, 2.45) is 0 Å². The SMILES string of the molecule is Cc1cc(C)c(NC(=O)COC(=O)Cn2cnc3ccccc3c2=O)c(Cl)c1. The molecule has 3 aromatic rings. The Morgan fingerprint density at radius 1 is 1.21 bits per heavy atom. The van der Waals surface area contributed by atoms with Gasteiger partial charge in [0.2, 0.25) is 0 Å². The summed E-state index contributed by atoms with van der Waals surface area (Å²) >= 11 is 6.15. The van der Waals surface area contributed by atoms with Crippen molar-refractivity contribution in [1.82, 2.24) is 9.55 Å². The van der Waals surface area contributed by atoms with Crippen LogP contribution in [0, 0.1) is 13.8 Å². The molecule has 0 saturated heterocycles. The van der Waals surface area contributed by atoms with E-state index < -0.39 is 18.5 Å². The van der Waals surface area contributed by atoms with Crippen molar-refractivity contribution < 1.29 is 14.3 Å². The van der Waals surface area contributed by atoms with E-state index in [-0.39, 0.29) is 12.1 Å². The summed E-state index contributed by atoms with van der Waals surface area (Å²) in [4.78, 5) is 40.6. The molecule has 1 aromatic heterocycles. The van der Waals surface area contributed by atoms with Crippen molar-refractivity contribution in [3.8, 4) is 0 Å². The highest BCUT2D eigenvalue weighted by molar-refractivity contribution is 6.34. The normalized spacial score (nSPS) is 10.7. The molecular weight excluding hydrogens is 382 g/mol. The number of carbonyl (C=O) groups excluding carboxylic acids is 2. The van der Waals surface area contributed by atoms with Crippen LogP contribution in [0.15, 0.2) is 47.5 Å². The molecule has 0 bridgehead atoms. The predicted molar refractivity (Wildman–Crippen MR) is 107 cm³/mol. The highest BCUT2D eigenvalue weighted by Crippen LogP contribution is 2.27. The largest absolute Gasteiger partial charge is 0.454 e. The molecule has 144 valence electrons. The van der Waals surface area contributed by atoms with Gasteiger partial charge in [-0.25, -0.2) is 4.98 Å². The van der Waals surface area contributed by atoms with Crippen LogP contribution in [0.1, 0.15) is 11.1 Å². The maximum Gasteiger partial charge on any atom is 0.326 e. The Labute approximate surface area is 165 Å². The van der Waals surface area contributed by atoms with Crippen LogP contribution >= 0.6 is 11.6 Å². The molecule has 0 spiro atoms. The maximum atomic E-state index is 12.4. The number of esters is 1. The van der Waals surface area contributed by atoms with Gasteiger partial charge in [0.15, 0.2) is 6.61 Å². The molecule has 8 heteroatoms. The van der Waals surface area contributed by atoms with Crippen molar-refractivity contribution in [3.05, 3.63) is 69.2 Å². The van der Waals surface area contributed by atoms with Gasteiger partial charge < -0.3 is 10.1 Å². The highest BCUT2D eigenvalue weighted by Gasteiger charge is 2.13. The van der Waals surface area contributed by atoms with Crippen molar-refractivity contribution in [2.45, 2.75) is 20.4 Å². The Morgan fingerprint density at radius 3 is 2.71 bits per heavy atom. The number of amides is 1. The third-order valence-corrected chi connectivity index (χ3v) is 4.39. The molecule has 0 fully saturated rings. The van der Waals surface area contributed by atoms with Gasteiger partial charge in [0.25, 0.3) is 11.5 Å². The Hall–Kier alpha value is -3.19. The van der Waals surface area contributed by atoms with Gasteiger partial charge in [-0.05, 0) is 43.2 Å². The molecule has 0 aliphatic heterocycles. The van der Waals surface area contributed by atoms with Crippen LogP contribution < -0.4 is 10.9 Å². The molecule has 0 aliphatic rings. The van der Waals surface area contributed by atoms with E-state index in [4.69, 9.17) is 16.3 Å². The number of halogens is 1. The smallest absolute Gasteiger partial charge is 0.326 e. The van der Waals surface area contributed by atoms with Gasteiger partial charge in [0.1, 0.15) is 6.54 Å². The van der Waals surface area contributed by atoms with Crippen LogP contribution in [0.2, 0.25) is 5.02 Å². The van der Waals surface area contributed by atoms with Gasteiger partial charge in [-0.3, -0.25) is 19.0 Å². The zero-order valence-corrected chi connectivity index (χ0v) is 16.1. The lowest BCUT2D eigenvalue weighted by atomic mass is 10.1. The molecule has 28 heavy (non-hydrogen) atoms. The number of nitrogens with one attached hydrogen (secondary N) is 1. The number of benzene rings is 2. The van der Waals surface area contributed by atoms with Crippen LogP contribution in [0.4, 0.5) is 5.69 Å². The quantitative estimate of drug-likeness (QED) is 0.666. The zero-order chi connectivity index (χ0) is 20.3. The number of aromatic nitrogens is 2. The summed E-state index contributed by atoms with van der Waals surface area (Å²) in [6.45, 7) is 2.89. The molecule has 1 amide bonds. The first-order valence-corrected chi connectivity index (χ1v) is 8.89. The topological polar surface area (TPSA) is 90.3 Å². The van der Waals surface area contributed by atoms with E-state index in [1.165, 1.54) is 6.33 Å². The summed E-state index contributed by atoms with van der Waals surface area (Å²) in [5.74, 6) is -1.24. The van der Waals surface area contributed by atoms with Crippen LogP contribution in [-0.2, 0) is 20.9 Å². The Balaban J connectivity index is 1.61. The number of aryl methyl sites for hydroxylation is 2. The van der Waals surface area contributed by atoms with Crippen molar-refractivity contribution in [3.63, 3.8) is 0 Å². The lowest BCUT2D eigenvalue weighted by molar-refractivity contribution is -0.147. The van der Waals surface area contributed by atoms with E-state index in [1.54, 1.807) is 30.3 Å². The highest BCUT2D eigenvalue weighted by atomic mass is 35.5. The zero-order valence-electron chi connectivity index (χ0n) is 15.4. The van der Waals surface area contributed by atoms with Gasteiger partial charge in [0.05, 0.1) is 27.9 Å². The minimum absolute atomic E-state index is 0.339. The number of para-hydroxylation sites is 1. The van der Waals surface area contributed by atoms with Gasteiger partial charge in [-0.1, -0.05) is 29.8 Å². The standard InChI is InChI=1S/C20H18ClN3O4/c1-12-7-13(2)19(15(21)8-12)23-17(25)10-28-18(26)9-24-11-22-16-6-4-3-5-14(16)20(24)27/h3-8,11H,9-10H2,1-2H3,(H,23,25). The summed E-state index contributed by atoms with van der Waals surface area (Å²) < 4.78 is 6.11. The van der Waals surface area contributed by atoms with E-state index in [2.05, 4.69) is 10.3 Å². The number of hydrogen-bond donors (Lipinski definition) is 1. The molecule has 7 nitrogen and oxygen atoms in total. The molecule has 0 aliphatic carbocycles. The molecule has 0 saturated carbocycles. The average molecular weight is 400 g/mol. The first-order chi connectivity index (χ1) is 13.3. The fourth-order valence-electron chi connectivity index (χ4n) is 2.80. The van der Waals surface area contributed by atoms with E-state index in [0.29, 0.717) is 21.6 Å². The number of nitrogens with zero attached hydrogens (tertiary/aromatic N) is 2. The number of carbonyl (C=O) groups is 2. The van der Waals surface area contributed by atoms with Crippen LogP contribution in [0.25, 0.3) is 10.9 Å². The fraction of sp³-hybridized carbons (Fsp3) is 0.200. The van der Waals surface area contributed by atoms with Gasteiger partial charge in [-0.15, -0.1) is 0 Å². The Bertz CT molecular complexity index is 1100. The number of fused-ring (bicyclic) bond motifs is 1. The Kier molecular flexibility index (Phi) is 5.75. The van der Waals surface area contributed by atoms with Gasteiger partial charge in [-0.2, -0.15) is 0 Å². The third kappa shape index (κ3) is 4.37. The fourth-order valence-corrected chi connectivity index (χ4v) is 3.17.